The van der Waals surface area contributed by atoms with Gasteiger partial charge in [0.25, 0.3) is 5.91 Å². The number of amides is 2. The van der Waals surface area contributed by atoms with Crippen LogP contribution in [0.4, 0.5) is 5.69 Å². The number of ether oxygens (including phenoxy) is 1. The number of hydrogen-bond donors (Lipinski definition) is 1. The highest BCUT2D eigenvalue weighted by Crippen LogP contribution is 2.29. The SMILES string of the molecule is O=C(COc1cccc2c1CCCC2)NCc1cccc(N2CCCC2=O)c1. The van der Waals surface area contributed by atoms with E-state index in [9.17, 15) is 9.59 Å². The van der Waals surface area contributed by atoms with Crippen LogP contribution >= 0.6 is 0 Å². The summed E-state index contributed by atoms with van der Waals surface area (Å²) in [4.78, 5) is 26.0. The van der Waals surface area contributed by atoms with E-state index in [1.165, 1.54) is 24.0 Å². The van der Waals surface area contributed by atoms with Crippen LogP contribution in [0.15, 0.2) is 42.5 Å². The van der Waals surface area contributed by atoms with Gasteiger partial charge in [-0.3, -0.25) is 9.59 Å². The summed E-state index contributed by atoms with van der Waals surface area (Å²) in [6.45, 7) is 1.20. The lowest BCUT2D eigenvalue weighted by Crippen LogP contribution is -2.29. The van der Waals surface area contributed by atoms with Crippen LogP contribution in [0.3, 0.4) is 0 Å². The van der Waals surface area contributed by atoms with E-state index in [1.54, 1.807) is 0 Å². The van der Waals surface area contributed by atoms with Gasteiger partial charge in [0.15, 0.2) is 6.61 Å². The molecule has 4 rings (SSSR count). The summed E-state index contributed by atoms with van der Waals surface area (Å²) in [7, 11) is 0. The third-order valence-electron chi connectivity index (χ3n) is 5.50. The van der Waals surface area contributed by atoms with E-state index in [2.05, 4.69) is 11.4 Å². The van der Waals surface area contributed by atoms with Gasteiger partial charge in [-0.2, -0.15) is 0 Å². The molecule has 0 unspecified atom stereocenters. The van der Waals surface area contributed by atoms with Gasteiger partial charge in [-0.25, -0.2) is 0 Å². The molecule has 0 spiro atoms. The predicted molar refractivity (Wildman–Crippen MR) is 108 cm³/mol. The van der Waals surface area contributed by atoms with Crippen molar-refractivity contribution in [3.05, 3.63) is 59.2 Å². The molecule has 28 heavy (non-hydrogen) atoms. The van der Waals surface area contributed by atoms with Crippen molar-refractivity contribution in [2.45, 2.75) is 45.1 Å². The molecule has 0 bridgehead atoms. The summed E-state index contributed by atoms with van der Waals surface area (Å²) in [5, 5.41) is 2.91. The Hall–Kier alpha value is -2.82. The molecule has 2 amide bonds. The highest BCUT2D eigenvalue weighted by molar-refractivity contribution is 5.95. The van der Waals surface area contributed by atoms with Gasteiger partial charge in [0.1, 0.15) is 5.75 Å². The summed E-state index contributed by atoms with van der Waals surface area (Å²) in [5.41, 5.74) is 4.48. The highest BCUT2D eigenvalue weighted by atomic mass is 16.5. The Labute approximate surface area is 165 Å². The van der Waals surface area contributed by atoms with Crippen molar-refractivity contribution in [1.29, 1.82) is 0 Å². The number of fused-ring (bicyclic) bond motifs is 1. The molecule has 2 aromatic rings. The molecule has 5 nitrogen and oxygen atoms in total. The molecule has 1 N–H and O–H groups in total. The molecule has 0 aromatic heterocycles. The molecule has 0 saturated carbocycles. The molecule has 1 saturated heterocycles. The second-order valence-corrected chi connectivity index (χ2v) is 7.49. The van der Waals surface area contributed by atoms with Gasteiger partial charge in [-0.1, -0.05) is 24.3 Å². The maximum Gasteiger partial charge on any atom is 0.258 e. The molecule has 1 heterocycles. The lowest BCUT2D eigenvalue weighted by molar-refractivity contribution is -0.123. The van der Waals surface area contributed by atoms with Gasteiger partial charge >= 0.3 is 0 Å². The lowest BCUT2D eigenvalue weighted by atomic mass is 9.91. The number of carbonyl (C=O) groups excluding carboxylic acids is 2. The van der Waals surface area contributed by atoms with Gasteiger partial charge in [-0.15, -0.1) is 0 Å². The number of benzene rings is 2. The number of nitrogens with zero attached hydrogens (tertiary/aromatic N) is 1. The van der Waals surface area contributed by atoms with Crippen molar-refractivity contribution in [2.24, 2.45) is 0 Å². The standard InChI is InChI=1S/C23H26N2O3/c26-22(16-28-21-11-4-8-18-7-1-2-10-20(18)21)24-15-17-6-3-9-19(14-17)25-13-5-12-23(25)27/h3-4,6,8-9,11,14H,1-2,5,7,10,12-13,15-16H2,(H,24,26). The summed E-state index contributed by atoms with van der Waals surface area (Å²) in [6.07, 6.45) is 6.03. The Balaban J connectivity index is 1.31. The van der Waals surface area contributed by atoms with E-state index < -0.39 is 0 Å². The van der Waals surface area contributed by atoms with Crippen LogP contribution in [0.5, 0.6) is 5.75 Å². The second kappa shape index (κ2) is 8.46. The first-order valence-corrected chi connectivity index (χ1v) is 10.1. The summed E-state index contributed by atoms with van der Waals surface area (Å²) in [5.74, 6) is 0.860. The minimum Gasteiger partial charge on any atom is -0.483 e. The van der Waals surface area contributed by atoms with Crippen molar-refractivity contribution in [3.8, 4) is 5.75 Å². The molecule has 5 heteroatoms. The average molecular weight is 378 g/mol. The number of carbonyl (C=O) groups is 2. The fourth-order valence-electron chi connectivity index (χ4n) is 4.03. The fourth-order valence-corrected chi connectivity index (χ4v) is 4.03. The highest BCUT2D eigenvalue weighted by Gasteiger charge is 2.21. The largest absolute Gasteiger partial charge is 0.483 e. The van der Waals surface area contributed by atoms with Crippen molar-refractivity contribution >= 4 is 17.5 Å². The molecule has 1 fully saturated rings. The zero-order valence-corrected chi connectivity index (χ0v) is 16.1. The molecule has 1 aliphatic carbocycles. The summed E-state index contributed by atoms with van der Waals surface area (Å²) >= 11 is 0. The number of aryl methyl sites for hydroxylation is 1. The Kier molecular flexibility index (Phi) is 5.60. The van der Waals surface area contributed by atoms with Gasteiger partial charge < -0.3 is 15.0 Å². The molecule has 0 atom stereocenters. The molecular formula is C23H26N2O3. The smallest absolute Gasteiger partial charge is 0.258 e. The first kappa shape index (κ1) is 18.5. The quantitative estimate of drug-likeness (QED) is 0.838. The third-order valence-corrected chi connectivity index (χ3v) is 5.50. The molecule has 0 radical (unpaired) electrons. The zero-order valence-electron chi connectivity index (χ0n) is 16.1. The minimum absolute atomic E-state index is 0.0146. The zero-order chi connectivity index (χ0) is 19.3. The van der Waals surface area contributed by atoms with E-state index in [1.807, 2.05) is 41.3 Å². The fraction of sp³-hybridized carbons (Fsp3) is 0.391. The van der Waals surface area contributed by atoms with Crippen LogP contribution in [0, 0.1) is 0 Å². The van der Waals surface area contributed by atoms with E-state index >= 15 is 0 Å². The first-order chi connectivity index (χ1) is 13.7. The Bertz CT molecular complexity index is 878. The number of rotatable bonds is 6. The minimum atomic E-state index is -0.143. The monoisotopic (exact) mass is 378 g/mol. The van der Waals surface area contributed by atoms with Crippen molar-refractivity contribution in [1.82, 2.24) is 5.32 Å². The normalized spacial score (nSPS) is 16.0. The molecular weight excluding hydrogens is 352 g/mol. The predicted octanol–water partition coefficient (Wildman–Crippen LogP) is 3.39. The van der Waals surface area contributed by atoms with Crippen molar-refractivity contribution in [2.75, 3.05) is 18.1 Å². The van der Waals surface area contributed by atoms with Crippen LogP contribution < -0.4 is 15.0 Å². The van der Waals surface area contributed by atoms with E-state index in [-0.39, 0.29) is 18.4 Å². The van der Waals surface area contributed by atoms with Crippen molar-refractivity contribution in [3.63, 3.8) is 0 Å². The van der Waals surface area contributed by atoms with Gasteiger partial charge in [0.05, 0.1) is 0 Å². The molecule has 146 valence electrons. The van der Waals surface area contributed by atoms with Crippen LogP contribution in [-0.2, 0) is 29.0 Å². The van der Waals surface area contributed by atoms with Gasteiger partial charge in [0.2, 0.25) is 5.91 Å². The Morgan fingerprint density at radius 1 is 1.04 bits per heavy atom. The lowest BCUT2D eigenvalue weighted by Gasteiger charge is -2.19. The van der Waals surface area contributed by atoms with Crippen LogP contribution in [-0.4, -0.2) is 25.0 Å². The molecule has 1 aliphatic heterocycles. The number of anilines is 1. The maximum absolute atomic E-state index is 12.3. The maximum atomic E-state index is 12.3. The third kappa shape index (κ3) is 4.19. The topological polar surface area (TPSA) is 58.6 Å². The summed E-state index contributed by atoms with van der Waals surface area (Å²) < 4.78 is 5.81. The first-order valence-electron chi connectivity index (χ1n) is 10.1. The average Bonchev–Trinajstić information content (AvgIpc) is 3.17. The van der Waals surface area contributed by atoms with Gasteiger partial charge in [0, 0.05) is 25.2 Å². The molecule has 2 aromatic carbocycles. The van der Waals surface area contributed by atoms with E-state index in [4.69, 9.17) is 4.74 Å². The van der Waals surface area contributed by atoms with Crippen LogP contribution in [0.2, 0.25) is 0 Å². The van der Waals surface area contributed by atoms with E-state index in [0.717, 1.165) is 42.8 Å². The van der Waals surface area contributed by atoms with Crippen LogP contribution in [0.1, 0.15) is 42.4 Å². The van der Waals surface area contributed by atoms with E-state index in [0.29, 0.717) is 13.0 Å². The second-order valence-electron chi connectivity index (χ2n) is 7.49. The number of hydrogen-bond acceptors (Lipinski definition) is 3. The van der Waals surface area contributed by atoms with Crippen LogP contribution in [0.25, 0.3) is 0 Å². The summed E-state index contributed by atoms with van der Waals surface area (Å²) in [6, 6.07) is 13.9. The Morgan fingerprint density at radius 2 is 1.89 bits per heavy atom. The Morgan fingerprint density at radius 3 is 2.75 bits per heavy atom. The van der Waals surface area contributed by atoms with Crippen molar-refractivity contribution < 1.29 is 14.3 Å². The van der Waals surface area contributed by atoms with Gasteiger partial charge in [-0.05, 0) is 67.0 Å². The molecule has 2 aliphatic rings. The number of nitrogens with one attached hydrogen (secondary N) is 1.